The lowest BCUT2D eigenvalue weighted by Crippen LogP contribution is -2.53. The fraction of sp³-hybridized carbons (Fsp3) is 0.938. The van der Waals surface area contributed by atoms with Gasteiger partial charge in [-0.1, -0.05) is 48.5 Å². The largest absolute Gasteiger partial charge is 0.518 e. The summed E-state index contributed by atoms with van der Waals surface area (Å²) in [6.45, 7) is 21.3. The molecule has 0 aromatic heterocycles. The van der Waals surface area contributed by atoms with Gasteiger partial charge in [-0.05, 0) is 36.5 Å². The molecule has 0 heterocycles. The zero-order chi connectivity index (χ0) is 17.1. The Kier molecular flexibility index (Phi) is 7.37. The second kappa shape index (κ2) is 7.42. The minimum Gasteiger partial charge on any atom is -0.518 e. The molecule has 0 spiro atoms. The molecule has 0 aliphatic heterocycles. The molecule has 0 fully saturated rings. The maximum absolute atomic E-state index is 12.5. The van der Waals surface area contributed by atoms with Crippen molar-refractivity contribution in [3.8, 4) is 0 Å². The normalized spacial score (nSPS) is 15.2. The van der Waals surface area contributed by atoms with Crippen molar-refractivity contribution in [1.29, 1.82) is 0 Å². The maximum Gasteiger partial charge on any atom is 0.295 e. The van der Waals surface area contributed by atoms with Crippen LogP contribution >= 0.6 is 0 Å². The van der Waals surface area contributed by atoms with Crippen LogP contribution in [0.2, 0.25) is 22.7 Å². The van der Waals surface area contributed by atoms with Gasteiger partial charge in [-0.25, -0.2) is 0 Å². The zero-order valence-electron chi connectivity index (χ0n) is 15.6. The number of hydrogen-bond acceptors (Lipinski definition) is 3. The van der Waals surface area contributed by atoms with Crippen molar-refractivity contribution in [2.45, 2.75) is 91.1 Å². The highest BCUT2D eigenvalue weighted by atomic mass is 28.4. The predicted molar refractivity (Wildman–Crippen MR) is 93.1 cm³/mol. The molecule has 0 saturated heterocycles. The second-order valence-electron chi connectivity index (χ2n) is 8.37. The fourth-order valence-corrected chi connectivity index (χ4v) is 6.47. The molecule has 0 amide bonds. The average molecular weight is 331 g/mol. The van der Waals surface area contributed by atoms with Crippen molar-refractivity contribution in [3.63, 3.8) is 0 Å². The van der Waals surface area contributed by atoms with E-state index in [9.17, 15) is 4.79 Å². The van der Waals surface area contributed by atoms with Gasteiger partial charge < -0.3 is 8.85 Å². The summed E-state index contributed by atoms with van der Waals surface area (Å²) >= 11 is 0. The molecule has 2 radical (unpaired) electrons. The molecule has 0 bridgehead atoms. The fourth-order valence-electron chi connectivity index (χ4n) is 2.16. The van der Waals surface area contributed by atoms with Crippen molar-refractivity contribution in [1.82, 2.24) is 0 Å². The average Bonchev–Trinajstić information content (AvgIpc) is 2.24. The summed E-state index contributed by atoms with van der Waals surface area (Å²) < 4.78 is 11.7. The van der Waals surface area contributed by atoms with Gasteiger partial charge >= 0.3 is 0 Å². The number of rotatable bonds is 6. The molecule has 0 N–H and O–H groups in total. The third kappa shape index (κ3) is 5.87. The lowest BCUT2D eigenvalue weighted by molar-refractivity contribution is -0.139. The van der Waals surface area contributed by atoms with Gasteiger partial charge in [0.05, 0.1) is 5.92 Å². The highest BCUT2D eigenvalue weighted by molar-refractivity contribution is 6.79. The Morgan fingerprint density at radius 2 is 1.48 bits per heavy atom. The van der Waals surface area contributed by atoms with E-state index in [1.807, 2.05) is 20.8 Å². The standard InChI is InChI=1S/C16H34O3Si2/c1-12(2)18-20-11-13(3)14(17)19-21(10,15(4,5)6)16(7,8)9/h12-13H,11H2,1-10H3. The molecule has 0 aromatic rings. The number of carbonyl (C=O) groups is 1. The Morgan fingerprint density at radius 3 is 1.81 bits per heavy atom. The van der Waals surface area contributed by atoms with Gasteiger partial charge in [-0.15, -0.1) is 0 Å². The summed E-state index contributed by atoms with van der Waals surface area (Å²) in [6.07, 6.45) is 0.218. The van der Waals surface area contributed by atoms with E-state index in [0.29, 0.717) is 9.76 Å². The van der Waals surface area contributed by atoms with Crippen molar-refractivity contribution in [2.75, 3.05) is 0 Å². The summed E-state index contributed by atoms with van der Waals surface area (Å²) in [6, 6.07) is 0.746. The van der Waals surface area contributed by atoms with Gasteiger partial charge in [-0.3, -0.25) is 4.79 Å². The number of carbonyl (C=O) groups excluding carboxylic acids is 1. The molecule has 0 rings (SSSR count). The van der Waals surface area contributed by atoms with Crippen LogP contribution in [0.3, 0.4) is 0 Å². The van der Waals surface area contributed by atoms with Crippen LogP contribution in [0.25, 0.3) is 0 Å². The van der Waals surface area contributed by atoms with Gasteiger partial charge in [0.2, 0.25) is 9.76 Å². The van der Waals surface area contributed by atoms with Crippen molar-refractivity contribution < 1.29 is 13.6 Å². The van der Waals surface area contributed by atoms with Crippen molar-refractivity contribution >= 4 is 24.0 Å². The van der Waals surface area contributed by atoms with E-state index in [1.54, 1.807) is 0 Å². The predicted octanol–water partition coefficient (Wildman–Crippen LogP) is 4.80. The van der Waals surface area contributed by atoms with Gasteiger partial charge in [0.15, 0.2) is 0 Å². The third-order valence-corrected chi connectivity index (χ3v) is 12.0. The molecule has 21 heavy (non-hydrogen) atoms. The molecule has 0 aliphatic rings. The Morgan fingerprint density at radius 1 is 1.05 bits per heavy atom. The van der Waals surface area contributed by atoms with Crippen LogP contribution in [0.15, 0.2) is 0 Å². The van der Waals surface area contributed by atoms with Crippen LogP contribution < -0.4 is 0 Å². The van der Waals surface area contributed by atoms with E-state index in [-0.39, 0.29) is 28.1 Å². The lowest BCUT2D eigenvalue weighted by atomic mass is 10.2. The third-order valence-electron chi connectivity index (χ3n) is 4.28. The molecule has 0 aromatic carbocycles. The summed E-state index contributed by atoms with van der Waals surface area (Å²) in [5.41, 5.74) is 0. The first kappa shape index (κ1) is 20.9. The zero-order valence-corrected chi connectivity index (χ0v) is 17.6. The van der Waals surface area contributed by atoms with Gasteiger partial charge in [0, 0.05) is 6.10 Å². The maximum atomic E-state index is 12.5. The van der Waals surface area contributed by atoms with Crippen LogP contribution in [0.4, 0.5) is 0 Å². The van der Waals surface area contributed by atoms with Gasteiger partial charge in [-0.2, -0.15) is 0 Å². The highest BCUT2D eigenvalue weighted by Crippen LogP contribution is 2.51. The van der Waals surface area contributed by atoms with Crippen LogP contribution in [-0.4, -0.2) is 30.2 Å². The molecule has 0 saturated carbocycles. The van der Waals surface area contributed by atoms with E-state index in [0.717, 1.165) is 6.04 Å². The first-order chi connectivity index (χ1) is 9.22. The minimum absolute atomic E-state index is 0.0113. The smallest absolute Gasteiger partial charge is 0.295 e. The van der Waals surface area contributed by atoms with E-state index in [1.165, 1.54) is 0 Å². The molecule has 5 heteroatoms. The summed E-state index contributed by atoms with van der Waals surface area (Å²) in [5.74, 6) is -0.160. The summed E-state index contributed by atoms with van der Waals surface area (Å²) in [4.78, 5) is 12.5. The van der Waals surface area contributed by atoms with Crippen molar-refractivity contribution in [3.05, 3.63) is 0 Å². The van der Waals surface area contributed by atoms with Crippen LogP contribution in [0.5, 0.6) is 0 Å². The Hall–Kier alpha value is -0.136. The van der Waals surface area contributed by atoms with E-state index < -0.39 is 8.32 Å². The van der Waals surface area contributed by atoms with Crippen LogP contribution in [0, 0.1) is 5.92 Å². The Labute approximate surface area is 135 Å². The second-order valence-corrected chi connectivity index (χ2v) is 14.6. The Balaban J connectivity index is 4.85. The van der Waals surface area contributed by atoms with E-state index in [2.05, 4.69) is 48.1 Å². The first-order valence-electron chi connectivity index (χ1n) is 7.83. The molecule has 0 aliphatic carbocycles. The molecule has 1 atom stereocenters. The Bertz CT molecular complexity index is 326. The van der Waals surface area contributed by atoms with Gasteiger partial charge in [0.1, 0.15) is 0 Å². The van der Waals surface area contributed by atoms with E-state index in [4.69, 9.17) is 8.85 Å². The molecule has 3 nitrogen and oxygen atoms in total. The minimum atomic E-state index is -2.23. The van der Waals surface area contributed by atoms with Crippen molar-refractivity contribution in [2.24, 2.45) is 5.92 Å². The quantitative estimate of drug-likeness (QED) is 0.656. The lowest BCUT2D eigenvalue weighted by Gasteiger charge is -2.47. The van der Waals surface area contributed by atoms with Crippen LogP contribution in [-0.2, 0) is 13.6 Å². The molecular weight excluding hydrogens is 296 g/mol. The topological polar surface area (TPSA) is 35.5 Å². The summed E-state index contributed by atoms with van der Waals surface area (Å²) in [7, 11) is -1.87. The number of hydrogen-bond donors (Lipinski definition) is 0. The SMILES string of the molecule is CC(C)O[Si]CC(C)C(=O)O[Si](C)(C(C)(C)C)C(C)(C)C. The molecular formula is C16H34O3Si2. The molecule has 124 valence electrons. The van der Waals surface area contributed by atoms with Gasteiger partial charge in [0.25, 0.3) is 14.3 Å². The van der Waals surface area contributed by atoms with Crippen LogP contribution in [0.1, 0.15) is 62.3 Å². The first-order valence-corrected chi connectivity index (χ1v) is 11.4. The monoisotopic (exact) mass is 330 g/mol. The summed E-state index contributed by atoms with van der Waals surface area (Å²) in [5, 5.41) is 0.0225. The highest BCUT2D eigenvalue weighted by Gasteiger charge is 2.54. The van der Waals surface area contributed by atoms with E-state index >= 15 is 0 Å². The molecule has 1 unspecified atom stereocenters.